The fraction of sp³-hybridized carbons (Fsp3) is 0.235. The molecule has 0 saturated heterocycles. The van der Waals surface area contributed by atoms with Crippen LogP contribution in [-0.2, 0) is 21.4 Å². The van der Waals surface area contributed by atoms with Crippen molar-refractivity contribution >= 4 is 27.5 Å². The van der Waals surface area contributed by atoms with Gasteiger partial charge in [-0.25, -0.2) is 8.42 Å². The van der Waals surface area contributed by atoms with E-state index in [1.165, 1.54) is 31.3 Å². The van der Waals surface area contributed by atoms with Crippen molar-refractivity contribution in [1.82, 2.24) is 9.62 Å². The van der Waals surface area contributed by atoms with Gasteiger partial charge in [0, 0.05) is 18.6 Å². The standard InChI is InChI=1S/C17H19ClN2O3S/c1-13-4-3-5-14(10-13)11-20(12-17(21)19-2)24(22,23)16-8-6-15(18)7-9-16/h3-10H,11-12H2,1-2H3,(H,19,21). The summed E-state index contributed by atoms with van der Waals surface area (Å²) in [5.41, 5.74) is 1.84. The van der Waals surface area contributed by atoms with Crippen LogP contribution in [0.15, 0.2) is 53.4 Å². The van der Waals surface area contributed by atoms with Crippen LogP contribution in [0.4, 0.5) is 0 Å². The number of aryl methyl sites for hydroxylation is 1. The monoisotopic (exact) mass is 366 g/mol. The summed E-state index contributed by atoms with van der Waals surface area (Å²) in [6, 6.07) is 13.4. The Bertz CT molecular complexity index is 820. The lowest BCUT2D eigenvalue weighted by molar-refractivity contribution is -0.120. The van der Waals surface area contributed by atoms with Crippen LogP contribution in [-0.4, -0.2) is 32.2 Å². The smallest absolute Gasteiger partial charge is 0.243 e. The number of benzene rings is 2. The van der Waals surface area contributed by atoms with Gasteiger partial charge in [0.05, 0.1) is 11.4 Å². The molecule has 0 bridgehead atoms. The molecule has 0 aliphatic rings. The van der Waals surface area contributed by atoms with Crippen molar-refractivity contribution in [3.8, 4) is 0 Å². The summed E-state index contributed by atoms with van der Waals surface area (Å²) in [7, 11) is -2.35. The Labute approximate surface area is 147 Å². The van der Waals surface area contributed by atoms with E-state index in [2.05, 4.69) is 5.32 Å². The molecule has 128 valence electrons. The van der Waals surface area contributed by atoms with Gasteiger partial charge in [0.15, 0.2) is 0 Å². The second-order valence-electron chi connectivity index (χ2n) is 5.39. The summed E-state index contributed by atoms with van der Waals surface area (Å²) in [4.78, 5) is 11.9. The van der Waals surface area contributed by atoms with E-state index in [-0.39, 0.29) is 23.9 Å². The lowest BCUT2D eigenvalue weighted by Crippen LogP contribution is -2.39. The summed E-state index contributed by atoms with van der Waals surface area (Å²) in [5.74, 6) is -0.375. The third-order valence-corrected chi connectivity index (χ3v) is 5.55. The van der Waals surface area contributed by atoms with Gasteiger partial charge in [-0.2, -0.15) is 4.31 Å². The van der Waals surface area contributed by atoms with Crippen LogP contribution in [0.25, 0.3) is 0 Å². The third-order valence-electron chi connectivity index (χ3n) is 3.49. The van der Waals surface area contributed by atoms with Crippen molar-refractivity contribution in [2.75, 3.05) is 13.6 Å². The lowest BCUT2D eigenvalue weighted by Gasteiger charge is -2.22. The number of sulfonamides is 1. The quantitative estimate of drug-likeness (QED) is 0.854. The van der Waals surface area contributed by atoms with E-state index >= 15 is 0 Å². The molecule has 2 aromatic carbocycles. The van der Waals surface area contributed by atoms with Crippen molar-refractivity contribution in [3.63, 3.8) is 0 Å². The van der Waals surface area contributed by atoms with E-state index in [0.29, 0.717) is 5.02 Å². The summed E-state index contributed by atoms with van der Waals surface area (Å²) in [6.45, 7) is 1.79. The molecule has 1 N–H and O–H groups in total. The zero-order valence-electron chi connectivity index (χ0n) is 13.5. The molecular formula is C17H19ClN2O3S. The molecule has 0 heterocycles. The van der Waals surface area contributed by atoms with Crippen molar-refractivity contribution in [3.05, 3.63) is 64.7 Å². The van der Waals surface area contributed by atoms with Gasteiger partial charge >= 0.3 is 0 Å². The molecule has 0 unspecified atom stereocenters. The maximum atomic E-state index is 12.9. The minimum absolute atomic E-state index is 0.100. The Morgan fingerprint density at radius 2 is 1.83 bits per heavy atom. The Morgan fingerprint density at radius 1 is 1.17 bits per heavy atom. The van der Waals surface area contributed by atoms with E-state index in [0.717, 1.165) is 15.4 Å². The van der Waals surface area contributed by atoms with Crippen LogP contribution >= 0.6 is 11.6 Å². The Hall–Kier alpha value is -1.89. The summed E-state index contributed by atoms with van der Waals surface area (Å²) < 4.78 is 26.9. The average molecular weight is 367 g/mol. The molecule has 0 aliphatic carbocycles. The van der Waals surface area contributed by atoms with E-state index in [1.807, 2.05) is 31.2 Å². The molecule has 0 spiro atoms. The molecule has 0 aliphatic heterocycles. The first-order valence-electron chi connectivity index (χ1n) is 7.35. The normalized spacial score (nSPS) is 11.5. The second kappa shape index (κ2) is 7.79. The Morgan fingerprint density at radius 3 is 2.42 bits per heavy atom. The second-order valence-corrected chi connectivity index (χ2v) is 7.76. The molecule has 24 heavy (non-hydrogen) atoms. The average Bonchev–Trinajstić information content (AvgIpc) is 2.54. The SMILES string of the molecule is CNC(=O)CN(Cc1cccc(C)c1)S(=O)(=O)c1ccc(Cl)cc1. The van der Waals surface area contributed by atoms with Gasteiger partial charge in [-0.1, -0.05) is 41.4 Å². The number of carbonyl (C=O) groups is 1. The maximum absolute atomic E-state index is 12.9. The summed E-state index contributed by atoms with van der Waals surface area (Å²) in [5, 5.41) is 2.91. The first-order valence-corrected chi connectivity index (χ1v) is 9.16. The first-order chi connectivity index (χ1) is 11.3. The number of hydrogen-bond acceptors (Lipinski definition) is 3. The van der Waals surface area contributed by atoms with Crippen molar-refractivity contribution in [1.29, 1.82) is 0 Å². The van der Waals surface area contributed by atoms with E-state index in [1.54, 1.807) is 0 Å². The first kappa shape index (κ1) is 18.4. The summed E-state index contributed by atoms with van der Waals surface area (Å²) in [6.07, 6.45) is 0. The van der Waals surface area contributed by atoms with E-state index in [4.69, 9.17) is 11.6 Å². The van der Waals surface area contributed by atoms with Crippen LogP contribution in [0.3, 0.4) is 0 Å². The zero-order valence-corrected chi connectivity index (χ0v) is 15.1. The summed E-state index contributed by atoms with van der Waals surface area (Å²) >= 11 is 5.82. The molecule has 1 amide bonds. The van der Waals surface area contributed by atoms with Gasteiger partial charge in [0.25, 0.3) is 0 Å². The van der Waals surface area contributed by atoms with Gasteiger partial charge < -0.3 is 5.32 Å². The highest BCUT2D eigenvalue weighted by molar-refractivity contribution is 7.89. The molecular weight excluding hydrogens is 348 g/mol. The molecule has 0 radical (unpaired) electrons. The number of carbonyl (C=O) groups excluding carboxylic acids is 1. The molecule has 5 nitrogen and oxygen atoms in total. The Balaban J connectivity index is 2.37. The highest BCUT2D eigenvalue weighted by Gasteiger charge is 2.26. The number of amides is 1. The number of nitrogens with one attached hydrogen (secondary N) is 1. The lowest BCUT2D eigenvalue weighted by atomic mass is 10.1. The van der Waals surface area contributed by atoms with Gasteiger partial charge in [-0.05, 0) is 36.8 Å². The zero-order chi connectivity index (χ0) is 17.7. The highest BCUT2D eigenvalue weighted by atomic mass is 35.5. The molecule has 0 fully saturated rings. The predicted molar refractivity (Wildman–Crippen MR) is 94.3 cm³/mol. The molecule has 7 heteroatoms. The number of rotatable bonds is 6. The predicted octanol–water partition coefficient (Wildman–Crippen LogP) is 2.59. The fourth-order valence-electron chi connectivity index (χ4n) is 2.23. The van der Waals surface area contributed by atoms with Crippen molar-refractivity contribution < 1.29 is 13.2 Å². The van der Waals surface area contributed by atoms with Crippen molar-refractivity contribution in [2.24, 2.45) is 0 Å². The number of nitrogens with zero attached hydrogens (tertiary/aromatic N) is 1. The van der Waals surface area contributed by atoms with Gasteiger partial charge in [-0.3, -0.25) is 4.79 Å². The minimum Gasteiger partial charge on any atom is -0.358 e. The van der Waals surface area contributed by atoms with Crippen LogP contribution < -0.4 is 5.32 Å². The molecule has 2 aromatic rings. The van der Waals surface area contributed by atoms with Gasteiger partial charge in [-0.15, -0.1) is 0 Å². The van der Waals surface area contributed by atoms with Gasteiger partial charge in [0.2, 0.25) is 15.9 Å². The Kier molecular flexibility index (Phi) is 5.99. The van der Waals surface area contributed by atoms with E-state index < -0.39 is 10.0 Å². The minimum atomic E-state index is -3.82. The molecule has 2 rings (SSSR count). The van der Waals surface area contributed by atoms with Crippen LogP contribution in [0.2, 0.25) is 5.02 Å². The van der Waals surface area contributed by atoms with Crippen molar-refractivity contribution in [2.45, 2.75) is 18.4 Å². The van der Waals surface area contributed by atoms with Crippen LogP contribution in [0.5, 0.6) is 0 Å². The number of likely N-dealkylation sites (N-methyl/N-ethyl adjacent to an activating group) is 1. The molecule has 0 atom stereocenters. The molecule has 0 saturated carbocycles. The number of halogens is 1. The fourth-order valence-corrected chi connectivity index (χ4v) is 3.75. The number of hydrogen-bond donors (Lipinski definition) is 1. The van der Waals surface area contributed by atoms with E-state index in [9.17, 15) is 13.2 Å². The highest BCUT2D eigenvalue weighted by Crippen LogP contribution is 2.20. The van der Waals surface area contributed by atoms with Crippen LogP contribution in [0.1, 0.15) is 11.1 Å². The topological polar surface area (TPSA) is 66.5 Å². The van der Waals surface area contributed by atoms with Crippen LogP contribution in [0, 0.1) is 6.92 Å². The molecule has 0 aromatic heterocycles. The largest absolute Gasteiger partial charge is 0.358 e. The van der Waals surface area contributed by atoms with Gasteiger partial charge in [0.1, 0.15) is 0 Å². The third kappa shape index (κ3) is 4.56. The maximum Gasteiger partial charge on any atom is 0.243 e.